The van der Waals surface area contributed by atoms with Crippen LogP contribution in [0.2, 0.25) is 0 Å². The predicted molar refractivity (Wildman–Crippen MR) is 75.7 cm³/mol. The van der Waals surface area contributed by atoms with Gasteiger partial charge in [-0.15, -0.1) is 0 Å². The van der Waals surface area contributed by atoms with Crippen molar-refractivity contribution in [3.63, 3.8) is 0 Å². The molecule has 2 aromatic rings. The molecule has 0 aliphatic heterocycles. The Morgan fingerprint density at radius 2 is 1.84 bits per heavy atom. The van der Waals surface area contributed by atoms with E-state index >= 15 is 0 Å². The summed E-state index contributed by atoms with van der Waals surface area (Å²) in [7, 11) is 0. The number of benzene rings is 1. The zero-order chi connectivity index (χ0) is 13.1. The smallest absolute Gasteiger partial charge is 0.140 e. The lowest BCUT2D eigenvalue weighted by Gasteiger charge is -2.24. The summed E-state index contributed by atoms with van der Waals surface area (Å²) in [6, 6.07) is 10.8. The van der Waals surface area contributed by atoms with E-state index < -0.39 is 0 Å². The predicted octanol–water partition coefficient (Wildman–Crippen LogP) is 3.55. The zero-order valence-electron chi connectivity index (χ0n) is 11.1. The summed E-state index contributed by atoms with van der Waals surface area (Å²) < 4.78 is 2.28. The van der Waals surface area contributed by atoms with E-state index in [2.05, 4.69) is 21.7 Å². The molecule has 1 aromatic carbocycles. The van der Waals surface area contributed by atoms with Gasteiger partial charge in [0.05, 0.1) is 12.3 Å². The van der Waals surface area contributed by atoms with Gasteiger partial charge in [0.2, 0.25) is 0 Å². The lowest BCUT2D eigenvalue weighted by molar-refractivity contribution is 0.277. The molecule has 0 atom stereocenters. The molecule has 0 spiro atoms. The first-order chi connectivity index (χ1) is 9.38. The van der Waals surface area contributed by atoms with Crippen LogP contribution in [0.15, 0.2) is 36.5 Å². The maximum Gasteiger partial charge on any atom is 0.140 e. The maximum atomic E-state index is 9.34. The normalized spacial score (nSPS) is 16.7. The van der Waals surface area contributed by atoms with Crippen LogP contribution < -0.4 is 0 Å². The van der Waals surface area contributed by atoms with E-state index in [1.54, 1.807) is 0 Å². The van der Waals surface area contributed by atoms with Gasteiger partial charge in [-0.2, -0.15) is 0 Å². The van der Waals surface area contributed by atoms with Crippen LogP contribution in [-0.4, -0.2) is 14.7 Å². The van der Waals surface area contributed by atoms with Gasteiger partial charge in [0, 0.05) is 17.8 Å². The molecule has 1 aliphatic carbocycles. The Bertz CT molecular complexity index is 527. The van der Waals surface area contributed by atoms with E-state index in [4.69, 9.17) is 0 Å². The van der Waals surface area contributed by atoms with E-state index in [0.29, 0.717) is 6.04 Å². The summed E-state index contributed by atoms with van der Waals surface area (Å²) >= 11 is 0. The highest BCUT2D eigenvalue weighted by Crippen LogP contribution is 2.32. The average molecular weight is 256 g/mol. The summed E-state index contributed by atoms with van der Waals surface area (Å²) in [4.78, 5) is 4.59. The molecule has 1 heterocycles. The van der Waals surface area contributed by atoms with Crippen molar-refractivity contribution in [2.45, 2.75) is 44.8 Å². The van der Waals surface area contributed by atoms with E-state index in [1.165, 1.54) is 32.1 Å². The number of aliphatic hydroxyl groups is 1. The van der Waals surface area contributed by atoms with Crippen LogP contribution in [0, 0.1) is 0 Å². The molecule has 3 heteroatoms. The fourth-order valence-corrected chi connectivity index (χ4v) is 2.96. The van der Waals surface area contributed by atoms with Crippen molar-refractivity contribution < 1.29 is 5.11 Å². The minimum Gasteiger partial charge on any atom is -0.390 e. The van der Waals surface area contributed by atoms with Gasteiger partial charge in [-0.1, -0.05) is 49.6 Å². The van der Waals surface area contributed by atoms with Gasteiger partial charge in [0.15, 0.2) is 0 Å². The number of hydrogen-bond acceptors (Lipinski definition) is 2. The minimum absolute atomic E-state index is 0.0134. The summed E-state index contributed by atoms with van der Waals surface area (Å²) in [5.41, 5.74) is 1.90. The van der Waals surface area contributed by atoms with Crippen molar-refractivity contribution in [2.75, 3.05) is 0 Å². The Morgan fingerprint density at radius 3 is 2.53 bits per heavy atom. The van der Waals surface area contributed by atoms with Crippen molar-refractivity contribution in [3.8, 4) is 11.4 Å². The molecule has 0 radical (unpaired) electrons. The first kappa shape index (κ1) is 12.4. The van der Waals surface area contributed by atoms with Gasteiger partial charge in [-0.05, 0) is 12.8 Å². The number of nitrogens with zero attached hydrogens (tertiary/aromatic N) is 2. The average Bonchev–Trinajstić information content (AvgIpc) is 2.93. The summed E-state index contributed by atoms with van der Waals surface area (Å²) in [6.07, 6.45) is 8.41. The van der Waals surface area contributed by atoms with E-state index in [0.717, 1.165) is 17.1 Å². The largest absolute Gasteiger partial charge is 0.390 e. The molecule has 1 saturated carbocycles. The number of aliphatic hydroxyl groups excluding tert-OH is 1. The van der Waals surface area contributed by atoms with Crippen molar-refractivity contribution in [3.05, 3.63) is 42.2 Å². The van der Waals surface area contributed by atoms with Crippen LogP contribution in [0.5, 0.6) is 0 Å². The fraction of sp³-hybridized carbons (Fsp3) is 0.438. The van der Waals surface area contributed by atoms with Crippen molar-refractivity contribution >= 4 is 0 Å². The van der Waals surface area contributed by atoms with Crippen molar-refractivity contribution in [2.24, 2.45) is 0 Å². The Morgan fingerprint density at radius 1 is 1.11 bits per heavy atom. The summed E-state index contributed by atoms with van der Waals surface area (Å²) in [5.74, 6) is 0.997. The second-order valence-electron chi connectivity index (χ2n) is 5.28. The highest BCUT2D eigenvalue weighted by molar-refractivity contribution is 5.56. The van der Waals surface area contributed by atoms with E-state index in [-0.39, 0.29) is 6.61 Å². The third-order valence-corrected chi connectivity index (χ3v) is 3.94. The monoisotopic (exact) mass is 256 g/mol. The van der Waals surface area contributed by atoms with Crippen LogP contribution >= 0.6 is 0 Å². The second-order valence-corrected chi connectivity index (χ2v) is 5.28. The standard InChI is InChI=1S/C16H20N2O/c19-12-14-11-18(15-9-5-2-6-10-15)16(17-14)13-7-3-1-4-8-13/h1,3-4,7-8,11,15,19H,2,5-6,9-10,12H2. The third kappa shape index (κ3) is 2.56. The molecule has 0 amide bonds. The third-order valence-electron chi connectivity index (χ3n) is 3.94. The Hall–Kier alpha value is -1.61. The molecule has 3 nitrogen and oxygen atoms in total. The molecular formula is C16H20N2O. The highest BCUT2D eigenvalue weighted by atomic mass is 16.3. The fourth-order valence-electron chi connectivity index (χ4n) is 2.96. The lowest BCUT2D eigenvalue weighted by atomic mass is 9.95. The van der Waals surface area contributed by atoms with E-state index in [9.17, 15) is 5.11 Å². The zero-order valence-corrected chi connectivity index (χ0v) is 11.1. The Kier molecular flexibility index (Phi) is 3.65. The number of rotatable bonds is 3. The molecule has 3 rings (SSSR count). The quantitative estimate of drug-likeness (QED) is 0.912. The first-order valence-corrected chi connectivity index (χ1v) is 7.12. The molecule has 1 aromatic heterocycles. The highest BCUT2D eigenvalue weighted by Gasteiger charge is 2.20. The SMILES string of the molecule is OCc1cn(C2CCCCC2)c(-c2ccccc2)n1. The van der Waals surface area contributed by atoms with Gasteiger partial charge in [0.1, 0.15) is 5.82 Å². The summed E-state index contributed by atoms with van der Waals surface area (Å²) in [5, 5.41) is 9.34. The van der Waals surface area contributed by atoms with Crippen LogP contribution in [0.1, 0.15) is 43.8 Å². The van der Waals surface area contributed by atoms with Gasteiger partial charge < -0.3 is 9.67 Å². The molecule has 1 N–H and O–H groups in total. The molecule has 0 unspecified atom stereocenters. The molecule has 0 bridgehead atoms. The van der Waals surface area contributed by atoms with Crippen LogP contribution in [-0.2, 0) is 6.61 Å². The molecule has 100 valence electrons. The number of imidazole rings is 1. The topological polar surface area (TPSA) is 38.0 Å². The molecule has 0 saturated heterocycles. The first-order valence-electron chi connectivity index (χ1n) is 7.12. The number of aromatic nitrogens is 2. The summed E-state index contributed by atoms with van der Waals surface area (Å²) in [6.45, 7) is 0.0134. The van der Waals surface area contributed by atoms with Crippen molar-refractivity contribution in [1.82, 2.24) is 9.55 Å². The van der Waals surface area contributed by atoms with Crippen LogP contribution in [0.3, 0.4) is 0 Å². The van der Waals surface area contributed by atoms with Gasteiger partial charge in [-0.3, -0.25) is 0 Å². The van der Waals surface area contributed by atoms with Crippen LogP contribution in [0.25, 0.3) is 11.4 Å². The Balaban J connectivity index is 2.00. The minimum atomic E-state index is 0.0134. The molecule has 19 heavy (non-hydrogen) atoms. The Labute approximate surface area is 113 Å². The molecule has 1 fully saturated rings. The van der Waals surface area contributed by atoms with Crippen molar-refractivity contribution in [1.29, 1.82) is 0 Å². The lowest BCUT2D eigenvalue weighted by Crippen LogP contribution is -2.13. The molecule has 1 aliphatic rings. The van der Waals surface area contributed by atoms with Gasteiger partial charge >= 0.3 is 0 Å². The van der Waals surface area contributed by atoms with Gasteiger partial charge in [-0.25, -0.2) is 4.98 Å². The van der Waals surface area contributed by atoms with E-state index in [1.807, 2.05) is 24.4 Å². The maximum absolute atomic E-state index is 9.34. The van der Waals surface area contributed by atoms with Gasteiger partial charge in [0.25, 0.3) is 0 Å². The van der Waals surface area contributed by atoms with Crippen LogP contribution in [0.4, 0.5) is 0 Å². The molecular weight excluding hydrogens is 236 g/mol. The second kappa shape index (κ2) is 5.57. The number of hydrogen-bond donors (Lipinski definition) is 1.